The first kappa shape index (κ1) is 20.5. The number of hydrogen-bond donors (Lipinski definition) is 0. The van der Waals surface area contributed by atoms with Crippen molar-refractivity contribution in [2.45, 2.75) is 20.3 Å². The Morgan fingerprint density at radius 1 is 0.926 bits per heavy atom. The quantitative estimate of drug-likeness (QED) is 0.360. The Kier molecular flexibility index (Phi) is 6.65. The maximum Gasteiger partial charge on any atom is 0.508 e. The molecule has 0 amide bonds. The number of rotatable bonds is 7. The fourth-order valence-electron chi connectivity index (χ4n) is 2.39. The molecule has 2 aliphatic heterocycles. The third-order valence-electron chi connectivity index (χ3n) is 4.14. The molecule has 0 radical (unpaired) electrons. The van der Waals surface area contributed by atoms with Gasteiger partial charge in [0.1, 0.15) is 43.9 Å². The predicted molar refractivity (Wildman–Crippen MR) is 86.5 cm³/mol. The summed E-state index contributed by atoms with van der Waals surface area (Å²) in [5, 5.41) is 0. The van der Waals surface area contributed by atoms with Gasteiger partial charge in [-0.05, 0) is 20.3 Å². The summed E-state index contributed by atoms with van der Waals surface area (Å²) in [6.45, 7) is 2.80. The van der Waals surface area contributed by atoms with Crippen molar-refractivity contribution in [1.82, 2.24) is 0 Å². The van der Waals surface area contributed by atoms with Crippen LogP contribution in [0.3, 0.4) is 0 Å². The summed E-state index contributed by atoms with van der Waals surface area (Å²) in [7, 11) is 0. The van der Waals surface area contributed by atoms with Crippen molar-refractivity contribution in [3.63, 3.8) is 0 Å². The second kappa shape index (κ2) is 8.74. The summed E-state index contributed by atoms with van der Waals surface area (Å²) >= 11 is 0. The van der Waals surface area contributed by atoms with Crippen molar-refractivity contribution < 1.29 is 47.6 Å². The molecule has 2 fully saturated rings. The highest BCUT2D eigenvalue weighted by Crippen LogP contribution is 2.30. The Morgan fingerprint density at radius 3 is 2.04 bits per heavy atom. The summed E-state index contributed by atoms with van der Waals surface area (Å²) < 4.78 is 29.2. The van der Waals surface area contributed by atoms with Crippen LogP contribution in [0.4, 0.5) is 9.59 Å². The van der Waals surface area contributed by atoms with Gasteiger partial charge >= 0.3 is 24.2 Å². The molecule has 2 rings (SSSR count). The number of carbonyl (C=O) groups excluding carboxylic acids is 4. The van der Waals surface area contributed by atoms with E-state index in [1.165, 1.54) is 0 Å². The van der Waals surface area contributed by atoms with Gasteiger partial charge in [-0.2, -0.15) is 0 Å². The summed E-state index contributed by atoms with van der Waals surface area (Å²) in [6, 6.07) is 0. The molecule has 0 bridgehead atoms. The van der Waals surface area contributed by atoms with Gasteiger partial charge in [0.25, 0.3) is 0 Å². The van der Waals surface area contributed by atoms with Gasteiger partial charge in [0.15, 0.2) is 0 Å². The third kappa shape index (κ3) is 5.11. The molecule has 10 nitrogen and oxygen atoms in total. The van der Waals surface area contributed by atoms with Gasteiger partial charge in [0.2, 0.25) is 0 Å². The molecular weight excluding hydrogens is 364 g/mol. The highest BCUT2D eigenvalue weighted by atomic mass is 16.7. The molecule has 27 heavy (non-hydrogen) atoms. The van der Waals surface area contributed by atoms with Crippen LogP contribution in [-0.4, -0.2) is 63.9 Å². The predicted octanol–water partition coefficient (Wildman–Crippen LogP) is 1.37. The summed E-state index contributed by atoms with van der Waals surface area (Å²) in [6.07, 6.45) is 1.69. The van der Waals surface area contributed by atoms with Crippen LogP contribution in [0, 0.1) is 10.8 Å². The third-order valence-corrected chi connectivity index (χ3v) is 4.14. The molecule has 0 atom stereocenters. The van der Waals surface area contributed by atoms with Gasteiger partial charge < -0.3 is 28.4 Å². The average Bonchev–Trinajstić information content (AvgIpc) is 2.65. The second-order valence-corrected chi connectivity index (χ2v) is 6.49. The Balaban J connectivity index is 1.85. The van der Waals surface area contributed by atoms with Crippen molar-refractivity contribution in [3.8, 4) is 0 Å². The minimum Gasteiger partial charge on any atom is -0.465 e. The number of ether oxygens (including phenoxy) is 6. The lowest BCUT2D eigenvalue weighted by atomic mass is 9.85. The van der Waals surface area contributed by atoms with Gasteiger partial charge in [-0.3, -0.25) is 9.59 Å². The van der Waals surface area contributed by atoms with E-state index in [1.807, 2.05) is 0 Å². The van der Waals surface area contributed by atoms with E-state index < -0.39 is 35.1 Å². The van der Waals surface area contributed by atoms with E-state index in [9.17, 15) is 19.2 Å². The molecule has 150 valence electrons. The smallest absolute Gasteiger partial charge is 0.465 e. The van der Waals surface area contributed by atoms with Crippen molar-refractivity contribution in [2.75, 3.05) is 39.6 Å². The minimum atomic E-state index is -1.14. The lowest BCUT2D eigenvalue weighted by Gasteiger charge is -2.32. The number of allylic oxidation sites excluding steroid dienone is 1. The summed E-state index contributed by atoms with van der Waals surface area (Å²) in [5.41, 5.74) is -2.21. The molecule has 2 aliphatic rings. The minimum absolute atomic E-state index is 0.0537. The van der Waals surface area contributed by atoms with Crippen molar-refractivity contribution in [3.05, 3.63) is 12.2 Å². The summed E-state index contributed by atoms with van der Waals surface area (Å²) in [5.74, 6) is -1.11. The van der Waals surface area contributed by atoms with Crippen molar-refractivity contribution >= 4 is 24.2 Å². The van der Waals surface area contributed by atoms with Crippen LogP contribution in [0.1, 0.15) is 20.3 Å². The first-order valence-electron chi connectivity index (χ1n) is 8.40. The molecule has 2 saturated heterocycles. The zero-order chi connectivity index (χ0) is 19.9. The van der Waals surface area contributed by atoms with Gasteiger partial charge in [-0.1, -0.05) is 12.2 Å². The van der Waals surface area contributed by atoms with E-state index in [2.05, 4.69) is 0 Å². The average molecular weight is 386 g/mol. The lowest BCUT2D eigenvalue weighted by molar-refractivity contribution is -0.168. The van der Waals surface area contributed by atoms with E-state index in [4.69, 9.17) is 28.4 Å². The summed E-state index contributed by atoms with van der Waals surface area (Å²) in [4.78, 5) is 46.3. The molecule has 0 aromatic heterocycles. The van der Waals surface area contributed by atoms with Crippen LogP contribution in [-0.2, 0) is 38.0 Å². The zero-order valence-electron chi connectivity index (χ0n) is 15.2. The first-order valence-corrected chi connectivity index (χ1v) is 8.40. The standard InChI is InChI=1S/C17H22O10/c1-3-22-13(19)17(10-26-15(21)27-11-17)6-4-5-7-23-12(18)16(2)8-24-14(20)25-9-16/h4-5H,3,6-11H2,1-2H3. The molecular formula is C17H22O10. The maximum atomic E-state index is 12.2. The van der Waals surface area contributed by atoms with Crippen LogP contribution < -0.4 is 0 Å². The fraction of sp³-hybridized carbons (Fsp3) is 0.647. The maximum absolute atomic E-state index is 12.2. The van der Waals surface area contributed by atoms with E-state index in [0.29, 0.717) is 0 Å². The zero-order valence-corrected chi connectivity index (χ0v) is 15.2. The number of hydrogen-bond acceptors (Lipinski definition) is 10. The van der Waals surface area contributed by atoms with Gasteiger partial charge in [-0.25, -0.2) is 9.59 Å². The highest BCUT2D eigenvalue weighted by molar-refractivity contribution is 5.79. The lowest BCUT2D eigenvalue weighted by Crippen LogP contribution is -2.46. The van der Waals surface area contributed by atoms with E-state index in [0.717, 1.165) is 0 Å². The van der Waals surface area contributed by atoms with Crippen LogP contribution in [0.25, 0.3) is 0 Å². The fourth-order valence-corrected chi connectivity index (χ4v) is 2.39. The Labute approximate surface area is 155 Å². The number of carbonyl (C=O) groups is 4. The number of cyclic esters (lactones) is 4. The van der Waals surface area contributed by atoms with Crippen LogP contribution in [0.2, 0.25) is 0 Å². The largest absolute Gasteiger partial charge is 0.508 e. The second-order valence-electron chi connectivity index (χ2n) is 6.49. The normalized spacial score (nSPS) is 20.7. The molecule has 2 heterocycles. The Hall–Kier alpha value is -2.78. The molecule has 0 N–H and O–H groups in total. The molecule has 0 aromatic rings. The number of esters is 2. The topological polar surface area (TPSA) is 124 Å². The molecule has 10 heteroatoms. The molecule has 0 spiro atoms. The first-order chi connectivity index (χ1) is 12.8. The molecule has 0 unspecified atom stereocenters. The monoisotopic (exact) mass is 386 g/mol. The molecule has 0 aliphatic carbocycles. The van der Waals surface area contributed by atoms with Crippen LogP contribution in [0.5, 0.6) is 0 Å². The van der Waals surface area contributed by atoms with Gasteiger partial charge in [0, 0.05) is 0 Å². The van der Waals surface area contributed by atoms with E-state index >= 15 is 0 Å². The van der Waals surface area contributed by atoms with Crippen LogP contribution in [0.15, 0.2) is 12.2 Å². The van der Waals surface area contributed by atoms with E-state index in [-0.39, 0.29) is 46.1 Å². The molecule has 0 aromatic carbocycles. The highest BCUT2D eigenvalue weighted by Gasteiger charge is 2.45. The Morgan fingerprint density at radius 2 is 1.48 bits per heavy atom. The molecule has 0 saturated carbocycles. The van der Waals surface area contributed by atoms with E-state index in [1.54, 1.807) is 26.0 Å². The van der Waals surface area contributed by atoms with Crippen molar-refractivity contribution in [1.29, 1.82) is 0 Å². The van der Waals surface area contributed by atoms with Gasteiger partial charge in [0.05, 0.1) is 6.61 Å². The Bertz CT molecular complexity index is 603. The van der Waals surface area contributed by atoms with Gasteiger partial charge in [-0.15, -0.1) is 0 Å². The van der Waals surface area contributed by atoms with Crippen molar-refractivity contribution in [2.24, 2.45) is 10.8 Å². The van der Waals surface area contributed by atoms with Crippen LogP contribution >= 0.6 is 0 Å². The SMILES string of the molecule is CCOC(=O)C1(CC=CCOC(=O)C2(C)COC(=O)OC2)COC(=O)OC1.